The van der Waals surface area contributed by atoms with Crippen LogP contribution in [0, 0.1) is 6.92 Å². The van der Waals surface area contributed by atoms with E-state index in [-0.39, 0.29) is 0 Å². The molecule has 17 heavy (non-hydrogen) atoms. The number of aryl methyl sites for hydroxylation is 1. The van der Waals surface area contributed by atoms with E-state index in [0.717, 1.165) is 13.1 Å². The van der Waals surface area contributed by atoms with Crippen molar-refractivity contribution in [3.8, 4) is 0 Å². The lowest BCUT2D eigenvalue weighted by Gasteiger charge is -2.30. The summed E-state index contributed by atoms with van der Waals surface area (Å²) in [5.41, 5.74) is 4.32. The van der Waals surface area contributed by atoms with E-state index in [2.05, 4.69) is 54.6 Å². The molecule has 0 amide bonds. The molecule has 1 aromatic heterocycles. The van der Waals surface area contributed by atoms with E-state index < -0.39 is 0 Å². The summed E-state index contributed by atoms with van der Waals surface area (Å²) in [6, 6.07) is 11.3. The third-order valence-corrected chi connectivity index (χ3v) is 4.46. The minimum atomic E-state index is 0.551. The molecule has 0 N–H and O–H groups in total. The molecule has 0 radical (unpaired) electrons. The highest BCUT2D eigenvalue weighted by Gasteiger charge is 2.25. The highest BCUT2D eigenvalue weighted by atomic mass is 32.1. The van der Waals surface area contributed by atoms with E-state index >= 15 is 0 Å². The van der Waals surface area contributed by atoms with E-state index in [1.54, 1.807) is 0 Å². The molecule has 2 aromatic rings. The van der Waals surface area contributed by atoms with Gasteiger partial charge in [-0.1, -0.05) is 29.8 Å². The van der Waals surface area contributed by atoms with Crippen molar-refractivity contribution < 1.29 is 0 Å². The number of hydrogen-bond acceptors (Lipinski definition) is 2. The maximum Gasteiger partial charge on any atom is 0.0328 e. The van der Waals surface area contributed by atoms with Gasteiger partial charge in [0, 0.05) is 23.9 Å². The Morgan fingerprint density at radius 1 is 1.18 bits per heavy atom. The monoisotopic (exact) mass is 243 g/mol. The van der Waals surface area contributed by atoms with E-state index in [4.69, 9.17) is 0 Å². The topological polar surface area (TPSA) is 3.24 Å². The Hall–Kier alpha value is -1.12. The number of likely N-dealkylation sites (N-methyl/N-ethyl adjacent to an activating group) is 1. The number of nitrogens with zero attached hydrogens (tertiary/aromatic N) is 1. The van der Waals surface area contributed by atoms with Crippen molar-refractivity contribution in [1.29, 1.82) is 0 Å². The van der Waals surface area contributed by atoms with Gasteiger partial charge in [0.2, 0.25) is 0 Å². The Labute approximate surface area is 107 Å². The summed E-state index contributed by atoms with van der Waals surface area (Å²) >= 11 is 1.89. The first-order chi connectivity index (χ1) is 8.24. The summed E-state index contributed by atoms with van der Waals surface area (Å²) in [5, 5.41) is 2.23. The van der Waals surface area contributed by atoms with Crippen LogP contribution >= 0.6 is 11.3 Å². The molecule has 0 spiro atoms. The van der Waals surface area contributed by atoms with Crippen molar-refractivity contribution in [2.75, 3.05) is 13.6 Å². The number of fused-ring (bicyclic) bond motifs is 1. The van der Waals surface area contributed by atoms with Gasteiger partial charge in [0.25, 0.3) is 0 Å². The van der Waals surface area contributed by atoms with Crippen LogP contribution in [0.3, 0.4) is 0 Å². The molecule has 2 heteroatoms. The van der Waals surface area contributed by atoms with Crippen LogP contribution in [-0.2, 0) is 6.54 Å². The fourth-order valence-corrected chi connectivity index (χ4v) is 3.61. The second-order valence-electron chi connectivity index (χ2n) is 4.96. The van der Waals surface area contributed by atoms with Gasteiger partial charge in [-0.15, -0.1) is 11.3 Å². The Morgan fingerprint density at radius 2 is 1.94 bits per heavy atom. The number of hydrogen-bond donors (Lipinski definition) is 0. The maximum absolute atomic E-state index is 2.42. The van der Waals surface area contributed by atoms with Gasteiger partial charge in [0.05, 0.1) is 0 Å². The van der Waals surface area contributed by atoms with E-state index in [1.807, 2.05) is 11.3 Å². The first kappa shape index (κ1) is 11.0. The normalized spacial score (nSPS) is 20.2. The molecule has 3 rings (SSSR count). The molecule has 1 atom stereocenters. The maximum atomic E-state index is 2.42. The summed E-state index contributed by atoms with van der Waals surface area (Å²) in [6.45, 7) is 4.38. The standard InChI is InChI=1S/C15H17NS/c1-11-3-5-12(6-4-11)14-9-16(2)10-15-13(14)7-8-17-15/h3-8,14H,9-10H2,1-2H3/t14-/m1/s1. The molecule has 0 saturated heterocycles. The zero-order valence-corrected chi connectivity index (χ0v) is 11.1. The third kappa shape index (κ3) is 2.03. The lowest BCUT2D eigenvalue weighted by Crippen LogP contribution is -2.29. The summed E-state index contributed by atoms with van der Waals surface area (Å²) < 4.78 is 0. The average molecular weight is 243 g/mol. The van der Waals surface area contributed by atoms with Crippen LogP contribution in [0.5, 0.6) is 0 Å². The van der Waals surface area contributed by atoms with Crippen LogP contribution in [0.25, 0.3) is 0 Å². The molecule has 88 valence electrons. The van der Waals surface area contributed by atoms with Crippen molar-refractivity contribution in [2.24, 2.45) is 0 Å². The number of thiophene rings is 1. The van der Waals surface area contributed by atoms with Gasteiger partial charge in [0.15, 0.2) is 0 Å². The molecule has 1 aromatic carbocycles. The first-order valence-corrected chi connectivity index (χ1v) is 6.93. The van der Waals surface area contributed by atoms with Gasteiger partial charge in [-0.05, 0) is 36.5 Å². The Morgan fingerprint density at radius 3 is 2.71 bits per heavy atom. The van der Waals surface area contributed by atoms with Crippen LogP contribution in [0.1, 0.15) is 27.5 Å². The smallest absolute Gasteiger partial charge is 0.0328 e. The molecular weight excluding hydrogens is 226 g/mol. The molecule has 0 unspecified atom stereocenters. The second-order valence-corrected chi connectivity index (χ2v) is 5.96. The zero-order valence-electron chi connectivity index (χ0n) is 10.3. The van der Waals surface area contributed by atoms with Crippen molar-refractivity contribution >= 4 is 11.3 Å². The highest BCUT2D eigenvalue weighted by Crippen LogP contribution is 2.35. The average Bonchev–Trinajstić information content (AvgIpc) is 2.77. The van der Waals surface area contributed by atoms with E-state index in [1.165, 1.54) is 21.6 Å². The molecular formula is C15H17NS. The van der Waals surface area contributed by atoms with Crippen molar-refractivity contribution in [2.45, 2.75) is 19.4 Å². The fraction of sp³-hybridized carbons (Fsp3) is 0.333. The Kier molecular flexibility index (Phi) is 2.77. The Balaban J connectivity index is 2.01. The fourth-order valence-electron chi connectivity index (χ4n) is 2.59. The second kappa shape index (κ2) is 4.28. The molecule has 1 aliphatic heterocycles. The molecule has 0 bridgehead atoms. The summed E-state index contributed by atoms with van der Waals surface area (Å²) in [7, 11) is 2.21. The Bertz CT molecular complexity index is 512. The van der Waals surface area contributed by atoms with Crippen LogP contribution in [0.15, 0.2) is 35.7 Å². The zero-order chi connectivity index (χ0) is 11.8. The SMILES string of the molecule is Cc1ccc([C@H]2CN(C)Cc3sccc32)cc1. The van der Waals surface area contributed by atoms with E-state index in [0.29, 0.717) is 5.92 Å². The van der Waals surface area contributed by atoms with Crippen LogP contribution in [-0.4, -0.2) is 18.5 Å². The lowest BCUT2D eigenvalue weighted by atomic mass is 9.88. The molecule has 0 saturated carbocycles. The van der Waals surface area contributed by atoms with Gasteiger partial charge in [-0.3, -0.25) is 0 Å². The predicted octanol–water partition coefficient (Wildman–Crippen LogP) is 3.63. The van der Waals surface area contributed by atoms with E-state index in [9.17, 15) is 0 Å². The molecule has 0 aliphatic carbocycles. The van der Waals surface area contributed by atoms with Crippen molar-refractivity contribution in [1.82, 2.24) is 4.90 Å². The molecule has 1 aliphatic rings. The highest BCUT2D eigenvalue weighted by molar-refractivity contribution is 7.10. The van der Waals surface area contributed by atoms with Crippen molar-refractivity contribution in [3.05, 3.63) is 57.3 Å². The minimum Gasteiger partial charge on any atom is -0.300 e. The van der Waals surface area contributed by atoms with Gasteiger partial charge in [-0.25, -0.2) is 0 Å². The molecule has 0 fully saturated rings. The minimum absolute atomic E-state index is 0.551. The summed E-state index contributed by atoms with van der Waals surface area (Å²) in [4.78, 5) is 3.95. The van der Waals surface area contributed by atoms with Gasteiger partial charge < -0.3 is 4.90 Å². The number of benzene rings is 1. The first-order valence-electron chi connectivity index (χ1n) is 6.05. The summed E-state index contributed by atoms with van der Waals surface area (Å²) in [5.74, 6) is 0.551. The van der Waals surface area contributed by atoms with Crippen molar-refractivity contribution in [3.63, 3.8) is 0 Å². The number of rotatable bonds is 1. The predicted molar refractivity (Wildman–Crippen MR) is 73.7 cm³/mol. The quantitative estimate of drug-likeness (QED) is 0.739. The van der Waals surface area contributed by atoms with Gasteiger partial charge in [0.1, 0.15) is 0 Å². The molecule has 1 nitrogen and oxygen atoms in total. The van der Waals surface area contributed by atoms with Crippen LogP contribution in [0.2, 0.25) is 0 Å². The van der Waals surface area contributed by atoms with Crippen LogP contribution < -0.4 is 0 Å². The van der Waals surface area contributed by atoms with Gasteiger partial charge >= 0.3 is 0 Å². The molecule has 2 heterocycles. The van der Waals surface area contributed by atoms with Gasteiger partial charge in [-0.2, -0.15) is 0 Å². The third-order valence-electron chi connectivity index (χ3n) is 3.54. The largest absolute Gasteiger partial charge is 0.300 e. The lowest BCUT2D eigenvalue weighted by molar-refractivity contribution is 0.299. The van der Waals surface area contributed by atoms with Crippen LogP contribution in [0.4, 0.5) is 0 Å². The summed E-state index contributed by atoms with van der Waals surface area (Å²) in [6.07, 6.45) is 0.